The Bertz CT molecular complexity index is 630. The number of nitrogens with zero attached hydrogens (tertiary/aromatic N) is 4. The average molecular weight is 338 g/mol. The Hall–Kier alpha value is -1.44. The summed E-state index contributed by atoms with van der Waals surface area (Å²) in [6.07, 6.45) is 0.312. The molecule has 0 bridgehead atoms. The van der Waals surface area contributed by atoms with Crippen LogP contribution in [0.3, 0.4) is 0 Å². The molecule has 1 heterocycles. The van der Waals surface area contributed by atoms with Crippen LogP contribution in [-0.2, 0) is 0 Å². The van der Waals surface area contributed by atoms with Gasteiger partial charge < -0.3 is 5.11 Å². The highest BCUT2D eigenvalue weighted by atomic mass is 32.2. The summed E-state index contributed by atoms with van der Waals surface area (Å²) in [6.45, 7) is 3.98. The van der Waals surface area contributed by atoms with Crippen LogP contribution in [0.15, 0.2) is 29.4 Å². The molecule has 0 amide bonds. The molecule has 0 radical (unpaired) electrons. The van der Waals surface area contributed by atoms with Crippen LogP contribution >= 0.6 is 11.8 Å². The summed E-state index contributed by atoms with van der Waals surface area (Å²) in [7, 11) is 3.95. The fraction of sp³-hybridized carbons (Fsp3) is 0.500. The summed E-state index contributed by atoms with van der Waals surface area (Å²) < 4.78 is 15.2. The van der Waals surface area contributed by atoms with Gasteiger partial charge in [-0.15, -0.1) is 10.2 Å². The zero-order valence-corrected chi connectivity index (χ0v) is 14.7. The number of hydrogen-bond donors (Lipinski definition) is 1. The molecule has 23 heavy (non-hydrogen) atoms. The number of aliphatic hydroxyl groups is 1. The Morgan fingerprint density at radius 1 is 1.26 bits per heavy atom. The van der Waals surface area contributed by atoms with Crippen molar-refractivity contribution < 1.29 is 9.50 Å². The fourth-order valence-corrected chi connectivity index (χ4v) is 3.00. The van der Waals surface area contributed by atoms with Crippen molar-refractivity contribution in [2.45, 2.75) is 37.6 Å². The van der Waals surface area contributed by atoms with Gasteiger partial charge in [-0.05, 0) is 51.7 Å². The third kappa shape index (κ3) is 4.31. The predicted molar refractivity (Wildman–Crippen MR) is 90.4 cm³/mol. The lowest BCUT2D eigenvalue weighted by Crippen LogP contribution is -2.20. The molecule has 7 heteroatoms. The summed E-state index contributed by atoms with van der Waals surface area (Å²) in [5.41, 5.74) is 0.814. The Morgan fingerprint density at radius 2 is 1.91 bits per heavy atom. The maximum atomic E-state index is 13.2. The first-order valence-electron chi connectivity index (χ1n) is 7.62. The number of halogens is 1. The molecule has 2 atom stereocenters. The Balaban J connectivity index is 2.40. The van der Waals surface area contributed by atoms with E-state index >= 15 is 0 Å². The lowest BCUT2D eigenvalue weighted by Gasteiger charge is -2.20. The topological polar surface area (TPSA) is 54.2 Å². The van der Waals surface area contributed by atoms with Crippen LogP contribution in [0, 0.1) is 5.82 Å². The van der Waals surface area contributed by atoms with Gasteiger partial charge in [0.15, 0.2) is 11.0 Å². The van der Waals surface area contributed by atoms with E-state index in [-0.39, 0.29) is 18.0 Å². The molecule has 2 aromatic rings. The minimum absolute atomic E-state index is 0.0537. The van der Waals surface area contributed by atoms with Gasteiger partial charge in [0.25, 0.3) is 0 Å². The fourth-order valence-electron chi connectivity index (χ4n) is 2.00. The van der Waals surface area contributed by atoms with Gasteiger partial charge in [-0.3, -0.25) is 9.47 Å². The van der Waals surface area contributed by atoms with Gasteiger partial charge in [-0.2, -0.15) is 0 Å². The van der Waals surface area contributed by atoms with E-state index in [9.17, 15) is 9.50 Å². The number of aromatic nitrogens is 3. The first kappa shape index (κ1) is 17.9. The maximum absolute atomic E-state index is 13.2. The quantitative estimate of drug-likeness (QED) is 0.787. The van der Waals surface area contributed by atoms with Gasteiger partial charge in [0.2, 0.25) is 0 Å². The number of aliphatic hydroxyl groups excluding tert-OH is 1. The first-order chi connectivity index (χ1) is 10.9. The molecule has 1 unspecified atom stereocenters. The van der Waals surface area contributed by atoms with Crippen molar-refractivity contribution in [2.24, 2.45) is 0 Å². The molecule has 2 rings (SSSR count). The Morgan fingerprint density at radius 3 is 2.48 bits per heavy atom. The van der Waals surface area contributed by atoms with Crippen LogP contribution in [-0.4, -0.2) is 50.7 Å². The molecule has 0 aliphatic rings. The summed E-state index contributed by atoms with van der Waals surface area (Å²) in [4.78, 5) is 2.04. The summed E-state index contributed by atoms with van der Waals surface area (Å²) in [6, 6.07) is 6.33. The molecule has 1 aromatic heterocycles. The lowest BCUT2D eigenvalue weighted by molar-refractivity contribution is 0.195. The van der Waals surface area contributed by atoms with Gasteiger partial charge in [0, 0.05) is 11.4 Å². The highest BCUT2D eigenvalue weighted by Crippen LogP contribution is 2.27. The van der Waals surface area contributed by atoms with Gasteiger partial charge in [0.1, 0.15) is 5.82 Å². The van der Waals surface area contributed by atoms with Crippen molar-refractivity contribution in [1.82, 2.24) is 19.7 Å². The number of benzene rings is 1. The Kier molecular flexibility index (Phi) is 6.15. The van der Waals surface area contributed by atoms with Crippen LogP contribution in [0.2, 0.25) is 0 Å². The largest absolute Gasteiger partial charge is 0.392 e. The van der Waals surface area contributed by atoms with E-state index in [0.29, 0.717) is 17.3 Å². The molecule has 1 aromatic carbocycles. The van der Waals surface area contributed by atoms with Crippen molar-refractivity contribution in [3.63, 3.8) is 0 Å². The third-order valence-electron chi connectivity index (χ3n) is 3.77. The molecule has 126 valence electrons. The summed E-state index contributed by atoms with van der Waals surface area (Å²) in [5.74, 6) is 1.06. The standard InChI is InChI=1S/C16H23FN4OS/c1-5-14(22)10-23-16-19-18-15(11(2)20(3)4)21(16)13-8-6-12(17)7-9-13/h6-9,11,14,22H,5,10H2,1-4H3/t11?,14-/m0/s1. The SMILES string of the molecule is CC[C@H](O)CSc1nnc(C(C)N(C)C)n1-c1ccc(F)cc1. The van der Waals surface area contributed by atoms with Crippen molar-refractivity contribution >= 4 is 11.8 Å². The van der Waals surface area contributed by atoms with Crippen LogP contribution in [0.1, 0.15) is 32.1 Å². The molecule has 0 fully saturated rings. The Labute approximate surface area is 140 Å². The maximum Gasteiger partial charge on any atom is 0.195 e. The number of hydrogen-bond acceptors (Lipinski definition) is 5. The van der Waals surface area contributed by atoms with Gasteiger partial charge in [-0.1, -0.05) is 18.7 Å². The van der Waals surface area contributed by atoms with Crippen LogP contribution in [0.5, 0.6) is 0 Å². The summed E-state index contributed by atoms with van der Waals surface area (Å²) >= 11 is 1.46. The second-order valence-electron chi connectivity index (χ2n) is 5.67. The summed E-state index contributed by atoms with van der Waals surface area (Å²) in [5, 5.41) is 19.1. The molecule has 5 nitrogen and oxygen atoms in total. The third-order valence-corrected chi connectivity index (χ3v) is 4.84. The van der Waals surface area contributed by atoms with Crippen LogP contribution in [0.25, 0.3) is 5.69 Å². The molecule has 0 aliphatic carbocycles. The van der Waals surface area contributed by atoms with Crippen LogP contribution < -0.4 is 0 Å². The van der Waals surface area contributed by atoms with Crippen LogP contribution in [0.4, 0.5) is 4.39 Å². The smallest absolute Gasteiger partial charge is 0.195 e. The molecular weight excluding hydrogens is 315 g/mol. The van der Waals surface area contributed by atoms with Crippen molar-refractivity contribution in [2.75, 3.05) is 19.8 Å². The highest BCUT2D eigenvalue weighted by molar-refractivity contribution is 7.99. The zero-order chi connectivity index (χ0) is 17.0. The highest BCUT2D eigenvalue weighted by Gasteiger charge is 2.21. The van der Waals surface area contributed by atoms with E-state index in [1.165, 1.54) is 23.9 Å². The second-order valence-corrected chi connectivity index (χ2v) is 6.65. The first-order valence-corrected chi connectivity index (χ1v) is 8.61. The van der Waals surface area contributed by atoms with Gasteiger partial charge in [-0.25, -0.2) is 4.39 Å². The average Bonchev–Trinajstić information content (AvgIpc) is 2.96. The number of thioether (sulfide) groups is 1. The minimum Gasteiger partial charge on any atom is -0.392 e. The van der Waals surface area contributed by atoms with E-state index in [0.717, 1.165) is 11.5 Å². The van der Waals surface area contributed by atoms with Gasteiger partial charge >= 0.3 is 0 Å². The molecule has 0 aliphatic heterocycles. The van der Waals surface area contributed by atoms with Gasteiger partial charge in [0.05, 0.1) is 12.1 Å². The van der Waals surface area contributed by atoms with E-state index in [4.69, 9.17) is 0 Å². The normalized spacial score (nSPS) is 14.2. The zero-order valence-electron chi connectivity index (χ0n) is 13.9. The lowest BCUT2D eigenvalue weighted by atomic mass is 10.2. The minimum atomic E-state index is -0.381. The van der Waals surface area contributed by atoms with E-state index in [1.54, 1.807) is 12.1 Å². The molecule has 1 N–H and O–H groups in total. The molecule has 0 spiro atoms. The van der Waals surface area contributed by atoms with E-state index in [1.807, 2.05) is 37.4 Å². The predicted octanol–water partition coefficient (Wildman–Crippen LogP) is 2.89. The molecular formula is C16H23FN4OS. The molecule has 0 saturated heterocycles. The van der Waals surface area contributed by atoms with Crippen molar-refractivity contribution in [1.29, 1.82) is 0 Å². The van der Waals surface area contributed by atoms with Crippen molar-refractivity contribution in [3.05, 3.63) is 35.9 Å². The monoisotopic (exact) mass is 338 g/mol. The van der Waals surface area contributed by atoms with E-state index in [2.05, 4.69) is 10.2 Å². The number of rotatable bonds is 7. The second kappa shape index (κ2) is 7.90. The van der Waals surface area contributed by atoms with Crippen molar-refractivity contribution in [3.8, 4) is 5.69 Å². The molecule has 0 saturated carbocycles. The van der Waals surface area contributed by atoms with E-state index < -0.39 is 0 Å².